The Morgan fingerprint density at radius 2 is 2.14 bits per heavy atom. The molecular formula is C16H31N3O2. The lowest BCUT2D eigenvalue weighted by molar-refractivity contribution is 0.146. The molecule has 122 valence electrons. The van der Waals surface area contributed by atoms with Crippen molar-refractivity contribution in [2.24, 2.45) is 5.92 Å². The van der Waals surface area contributed by atoms with Crippen LogP contribution in [-0.2, 0) is 4.74 Å². The number of hydrogen-bond donors (Lipinski definition) is 1. The van der Waals surface area contributed by atoms with Crippen molar-refractivity contribution < 1.29 is 9.53 Å². The highest BCUT2D eigenvalue weighted by atomic mass is 16.5. The number of carbonyl (C=O) groups is 1. The van der Waals surface area contributed by atoms with Crippen molar-refractivity contribution in [2.75, 3.05) is 46.4 Å². The largest absolute Gasteiger partial charge is 0.383 e. The van der Waals surface area contributed by atoms with Crippen molar-refractivity contribution in [3.63, 3.8) is 0 Å². The summed E-state index contributed by atoms with van der Waals surface area (Å²) in [5.74, 6) is 0.593. The first-order chi connectivity index (χ1) is 10.2. The molecule has 0 aromatic carbocycles. The molecule has 0 bridgehead atoms. The van der Waals surface area contributed by atoms with E-state index < -0.39 is 0 Å². The first kappa shape index (κ1) is 16.6. The lowest BCUT2D eigenvalue weighted by Crippen LogP contribution is -2.49. The maximum Gasteiger partial charge on any atom is 0.317 e. The van der Waals surface area contributed by atoms with E-state index in [2.05, 4.69) is 22.0 Å². The van der Waals surface area contributed by atoms with Gasteiger partial charge < -0.3 is 19.9 Å². The molecule has 1 N–H and O–H groups in total. The number of carbonyl (C=O) groups excluding carboxylic acids is 1. The van der Waals surface area contributed by atoms with Gasteiger partial charge in [0.15, 0.2) is 0 Å². The standard InChI is InChI=1S/C16H31N3O2/c1-3-15-6-4-5-8-19(15)16(20)17-12-14-7-9-18(13-14)10-11-21-2/h14-15H,3-13H2,1-2H3,(H,17,20). The number of likely N-dealkylation sites (tertiary alicyclic amines) is 2. The highest BCUT2D eigenvalue weighted by Crippen LogP contribution is 2.20. The van der Waals surface area contributed by atoms with Crippen LogP contribution in [0.4, 0.5) is 4.79 Å². The van der Waals surface area contributed by atoms with E-state index in [1.165, 1.54) is 12.8 Å². The molecule has 2 unspecified atom stereocenters. The molecule has 2 atom stereocenters. The summed E-state index contributed by atoms with van der Waals surface area (Å²) in [6.07, 6.45) is 5.83. The van der Waals surface area contributed by atoms with E-state index in [0.717, 1.165) is 58.6 Å². The molecule has 5 nitrogen and oxygen atoms in total. The van der Waals surface area contributed by atoms with Gasteiger partial charge in [-0.05, 0) is 44.6 Å². The van der Waals surface area contributed by atoms with Crippen molar-refractivity contribution in [2.45, 2.75) is 45.1 Å². The van der Waals surface area contributed by atoms with Crippen LogP contribution in [0.15, 0.2) is 0 Å². The zero-order valence-corrected chi connectivity index (χ0v) is 13.6. The molecule has 21 heavy (non-hydrogen) atoms. The fourth-order valence-corrected chi connectivity index (χ4v) is 3.53. The monoisotopic (exact) mass is 297 g/mol. The van der Waals surface area contributed by atoms with Gasteiger partial charge in [-0.2, -0.15) is 0 Å². The Balaban J connectivity index is 1.69. The Kier molecular flexibility index (Phi) is 6.77. The van der Waals surface area contributed by atoms with Crippen LogP contribution < -0.4 is 5.32 Å². The minimum absolute atomic E-state index is 0.150. The molecule has 0 aliphatic carbocycles. The molecule has 2 saturated heterocycles. The molecule has 2 aliphatic rings. The number of ether oxygens (including phenoxy) is 1. The Morgan fingerprint density at radius 3 is 2.90 bits per heavy atom. The van der Waals surface area contributed by atoms with Crippen LogP contribution in [0.2, 0.25) is 0 Å². The Hall–Kier alpha value is -0.810. The molecule has 2 amide bonds. The number of nitrogens with one attached hydrogen (secondary N) is 1. The molecule has 0 radical (unpaired) electrons. The minimum Gasteiger partial charge on any atom is -0.383 e. The average Bonchev–Trinajstić information content (AvgIpc) is 2.98. The smallest absolute Gasteiger partial charge is 0.317 e. The van der Waals surface area contributed by atoms with Gasteiger partial charge in [0, 0.05) is 39.3 Å². The van der Waals surface area contributed by atoms with E-state index in [9.17, 15) is 4.79 Å². The van der Waals surface area contributed by atoms with Crippen LogP contribution in [0.5, 0.6) is 0 Å². The molecule has 0 aromatic rings. The van der Waals surface area contributed by atoms with Gasteiger partial charge in [0.05, 0.1) is 6.61 Å². The topological polar surface area (TPSA) is 44.8 Å². The van der Waals surface area contributed by atoms with Crippen LogP contribution in [0, 0.1) is 5.92 Å². The number of hydrogen-bond acceptors (Lipinski definition) is 3. The van der Waals surface area contributed by atoms with Crippen molar-refractivity contribution in [1.29, 1.82) is 0 Å². The number of nitrogens with zero attached hydrogens (tertiary/aromatic N) is 2. The van der Waals surface area contributed by atoms with Crippen molar-refractivity contribution in [3.8, 4) is 0 Å². The first-order valence-electron chi connectivity index (χ1n) is 8.50. The molecule has 2 rings (SSSR count). The molecule has 0 aromatic heterocycles. The van der Waals surface area contributed by atoms with Crippen LogP contribution >= 0.6 is 0 Å². The van der Waals surface area contributed by atoms with Crippen molar-refractivity contribution in [3.05, 3.63) is 0 Å². The summed E-state index contributed by atoms with van der Waals surface area (Å²) in [7, 11) is 1.75. The first-order valence-corrected chi connectivity index (χ1v) is 8.50. The third-order valence-electron chi connectivity index (χ3n) is 4.88. The van der Waals surface area contributed by atoms with Crippen molar-refractivity contribution in [1.82, 2.24) is 15.1 Å². The van der Waals surface area contributed by atoms with Gasteiger partial charge in [0.1, 0.15) is 0 Å². The van der Waals surface area contributed by atoms with Crippen molar-refractivity contribution >= 4 is 6.03 Å². The highest BCUT2D eigenvalue weighted by Gasteiger charge is 2.27. The summed E-state index contributed by atoms with van der Waals surface area (Å²) in [6.45, 7) is 7.94. The summed E-state index contributed by atoms with van der Waals surface area (Å²) in [5.41, 5.74) is 0. The second-order valence-corrected chi connectivity index (χ2v) is 6.39. The quantitative estimate of drug-likeness (QED) is 0.815. The lowest BCUT2D eigenvalue weighted by Gasteiger charge is -2.35. The second kappa shape index (κ2) is 8.59. The maximum atomic E-state index is 12.4. The van der Waals surface area contributed by atoms with Gasteiger partial charge in [-0.15, -0.1) is 0 Å². The lowest BCUT2D eigenvalue weighted by atomic mass is 10.0. The normalized spacial score (nSPS) is 27.0. The highest BCUT2D eigenvalue weighted by molar-refractivity contribution is 5.74. The average molecular weight is 297 g/mol. The summed E-state index contributed by atoms with van der Waals surface area (Å²) >= 11 is 0. The number of amides is 2. The second-order valence-electron chi connectivity index (χ2n) is 6.39. The Bertz CT molecular complexity index is 325. The fourth-order valence-electron chi connectivity index (χ4n) is 3.53. The summed E-state index contributed by atoms with van der Waals surface area (Å²) in [6, 6.07) is 0.595. The molecule has 0 spiro atoms. The number of methoxy groups -OCH3 is 1. The predicted octanol–water partition coefficient (Wildman–Crippen LogP) is 1.93. The van der Waals surface area contributed by atoms with Gasteiger partial charge >= 0.3 is 6.03 Å². The third-order valence-corrected chi connectivity index (χ3v) is 4.88. The van der Waals surface area contributed by atoms with Gasteiger partial charge in [-0.1, -0.05) is 6.92 Å². The van der Waals surface area contributed by atoms with Gasteiger partial charge in [-0.25, -0.2) is 4.79 Å². The summed E-state index contributed by atoms with van der Waals surface area (Å²) in [5, 5.41) is 3.16. The van der Waals surface area contributed by atoms with Crippen LogP contribution in [0.25, 0.3) is 0 Å². The minimum atomic E-state index is 0.150. The summed E-state index contributed by atoms with van der Waals surface area (Å²) < 4.78 is 5.12. The summed E-state index contributed by atoms with van der Waals surface area (Å²) in [4.78, 5) is 16.8. The van der Waals surface area contributed by atoms with Crippen LogP contribution in [-0.4, -0.2) is 68.3 Å². The number of urea groups is 1. The van der Waals surface area contributed by atoms with Crippen LogP contribution in [0.1, 0.15) is 39.0 Å². The molecule has 2 fully saturated rings. The van der Waals surface area contributed by atoms with E-state index in [1.54, 1.807) is 7.11 Å². The van der Waals surface area contributed by atoms with E-state index in [1.807, 2.05) is 0 Å². The molecule has 2 aliphatic heterocycles. The molecule has 0 saturated carbocycles. The molecule has 5 heteroatoms. The van der Waals surface area contributed by atoms with E-state index >= 15 is 0 Å². The molecular weight excluding hydrogens is 266 g/mol. The van der Waals surface area contributed by atoms with E-state index in [0.29, 0.717) is 12.0 Å². The SMILES string of the molecule is CCC1CCCCN1C(=O)NCC1CCN(CCOC)C1. The van der Waals surface area contributed by atoms with Gasteiger partial charge in [0.25, 0.3) is 0 Å². The molecule has 2 heterocycles. The fraction of sp³-hybridized carbons (Fsp3) is 0.938. The number of rotatable bonds is 6. The van der Waals surface area contributed by atoms with Crippen LogP contribution in [0.3, 0.4) is 0 Å². The zero-order valence-electron chi connectivity index (χ0n) is 13.6. The predicted molar refractivity (Wildman–Crippen MR) is 84.5 cm³/mol. The maximum absolute atomic E-state index is 12.4. The van der Waals surface area contributed by atoms with Gasteiger partial charge in [0.2, 0.25) is 0 Å². The number of piperidine rings is 1. The third kappa shape index (κ3) is 4.85. The zero-order chi connectivity index (χ0) is 15.1. The van der Waals surface area contributed by atoms with E-state index in [-0.39, 0.29) is 6.03 Å². The Labute approximate surface area is 129 Å². The van der Waals surface area contributed by atoms with Gasteiger partial charge in [-0.3, -0.25) is 0 Å². The Morgan fingerprint density at radius 1 is 1.29 bits per heavy atom. The van der Waals surface area contributed by atoms with E-state index in [4.69, 9.17) is 4.74 Å².